The second kappa shape index (κ2) is 7.44. The van der Waals surface area contributed by atoms with Gasteiger partial charge in [-0.2, -0.15) is 0 Å². The van der Waals surface area contributed by atoms with Crippen LogP contribution in [-0.2, 0) is 24.3 Å². The zero-order valence-electron chi connectivity index (χ0n) is 13.2. The Hall–Kier alpha value is -2.83. The first kappa shape index (κ1) is 16.5. The molecule has 7 heteroatoms. The molecule has 2 aromatic rings. The molecule has 7 nitrogen and oxygen atoms in total. The molecule has 0 aliphatic carbocycles. The molecule has 0 unspecified atom stereocenters. The number of rotatable bonds is 6. The minimum Gasteiger partial charge on any atom is -0.497 e. The van der Waals surface area contributed by atoms with Gasteiger partial charge in [-0.1, -0.05) is 19.1 Å². The van der Waals surface area contributed by atoms with Crippen LogP contribution in [0.15, 0.2) is 35.1 Å². The number of nitrogens with zero attached hydrogens (tertiary/aromatic N) is 2. The molecular formula is C16H20N4O3. The van der Waals surface area contributed by atoms with Crippen LogP contribution >= 0.6 is 0 Å². The highest BCUT2D eigenvalue weighted by Crippen LogP contribution is 2.12. The van der Waals surface area contributed by atoms with Crippen molar-refractivity contribution in [2.45, 2.75) is 26.4 Å². The maximum Gasteiger partial charge on any atom is 0.255 e. The predicted molar refractivity (Wildman–Crippen MR) is 87.1 cm³/mol. The molecule has 0 saturated heterocycles. The molecule has 0 radical (unpaired) electrons. The molecule has 0 bridgehead atoms. The molecule has 1 aromatic carbocycles. The number of benzene rings is 1. The maximum absolute atomic E-state index is 12.0. The Morgan fingerprint density at radius 3 is 2.83 bits per heavy atom. The van der Waals surface area contributed by atoms with Gasteiger partial charge in [-0.15, -0.1) is 0 Å². The van der Waals surface area contributed by atoms with Crippen LogP contribution in [0.5, 0.6) is 5.75 Å². The summed E-state index contributed by atoms with van der Waals surface area (Å²) < 4.78 is 6.28. The summed E-state index contributed by atoms with van der Waals surface area (Å²) in [6.45, 7) is 2.06. The van der Waals surface area contributed by atoms with Crippen molar-refractivity contribution in [3.63, 3.8) is 0 Å². The zero-order chi connectivity index (χ0) is 16.8. The smallest absolute Gasteiger partial charge is 0.255 e. The SMILES string of the molecule is CCc1cc(=O)n(CC(=O)NCc2cccc(OC)c2)c(N)n1. The molecule has 0 spiro atoms. The van der Waals surface area contributed by atoms with E-state index >= 15 is 0 Å². The molecule has 0 aliphatic heterocycles. The van der Waals surface area contributed by atoms with Gasteiger partial charge in [-0.3, -0.25) is 14.2 Å². The normalized spacial score (nSPS) is 10.3. The predicted octanol–water partition coefficient (Wildman–Crippen LogP) is 0.713. The number of aryl methyl sites for hydroxylation is 1. The van der Waals surface area contributed by atoms with Crippen LogP contribution < -0.4 is 21.3 Å². The van der Waals surface area contributed by atoms with Crippen molar-refractivity contribution >= 4 is 11.9 Å². The number of carbonyl (C=O) groups is 1. The Balaban J connectivity index is 2.01. The van der Waals surface area contributed by atoms with E-state index in [0.717, 1.165) is 15.9 Å². The summed E-state index contributed by atoms with van der Waals surface area (Å²) in [6.07, 6.45) is 0.613. The minimum atomic E-state index is -0.328. The van der Waals surface area contributed by atoms with Crippen molar-refractivity contribution in [2.75, 3.05) is 12.8 Å². The average molecular weight is 316 g/mol. The summed E-state index contributed by atoms with van der Waals surface area (Å²) in [7, 11) is 1.58. The van der Waals surface area contributed by atoms with Gasteiger partial charge >= 0.3 is 0 Å². The Morgan fingerprint density at radius 1 is 1.39 bits per heavy atom. The lowest BCUT2D eigenvalue weighted by Gasteiger charge is -2.10. The van der Waals surface area contributed by atoms with E-state index in [0.29, 0.717) is 18.7 Å². The fourth-order valence-electron chi connectivity index (χ4n) is 2.10. The van der Waals surface area contributed by atoms with E-state index in [1.807, 2.05) is 31.2 Å². The van der Waals surface area contributed by atoms with Gasteiger partial charge in [0.1, 0.15) is 12.3 Å². The van der Waals surface area contributed by atoms with Crippen LogP contribution in [0.2, 0.25) is 0 Å². The van der Waals surface area contributed by atoms with E-state index < -0.39 is 0 Å². The van der Waals surface area contributed by atoms with Gasteiger partial charge in [0.15, 0.2) is 0 Å². The van der Waals surface area contributed by atoms with Gasteiger partial charge in [0.25, 0.3) is 5.56 Å². The van der Waals surface area contributed by atoms with Gasteiger partial charge in [0.05, 0.1) is 7.11 Å². The van der Waals surface area contributed by atoms with Gasteiger partial charge in [0.2, 0.25) is 11.9 Å². The van der Waals surface area contributed by atoms with Crippen LogP contribution in [0.4, 0.5) is 5.95 Å². The standard InChI is InChI=1S/C16H20N4O3/c1-3-12-8-15(22)20(16(17)19-12)10-14(21)18-9-11-5-4-6-13(7-11)23-2/h4-8H,3,9-10H2,1-2H3,(H2,17,19)(H,18,21). The average Bonchev–Trinajstić information content (AvgIpc) is 2.56. The molecule has 122 valence electrons. The number of nitrogens with two attached hydrogens (primary N) is 1. The van der Waals surface area contributed by atoms with E-state index in [-0.39, 0.29) is 24.0 Å². The van der Waals surface area contributed by atoms with Crippen LogP contribution in [-0.4, -0.2) is 22.6 Å². The number of nitrogens with one attached hydrogen (secondary N) is 1. The molecular weight excluding hydrogens is 296 g/mol. The second-order valence-corrected chi connectivity index (χ2v) is 5.01. The van der Waals surface area contributed by atoms with Crippen LogP contribution in [0.1, 0.15) is 18.2 Å². The van der Waals surface area contributed by atoms with Crippen molar-refractivity contribution in [2.24, 2.45) is 0 Å². The molecule has 0 aliphatic rings. The summed E-state index contributed by atoms with van der Waals surface area (Å²) in [5, 5.41) is 2.74. The summed E-state index contributed by atoms with van der Waals surface area (Å²) in [5.41, 5.74) is 6.93. The van der Waals surface area contributed by atoms with Crippen molar-refractivity contribution in [1.82, 2.24) is 14.9 Å². The third-order valence-corrected chi connectivity index (χ3v) is 3.38. The Morgan fingerprint density at radius 2 is 2.17 bits per heavy atom. The van der Waals surface area contributed by atoms with E-state index in [9.17, 15) is 9.59 Å². The van der Waals surface area contributed by atoms with Gasteiger partial charge in [-0.25, -0.2) is 4.98 Å². The second-order valence-electron chi connectivity index (χ2n) is 5.01. The van der Waals surface area contributed by atoms with E-state index in [1.165, 1.54) is 6.07 Å². The maximum atomic E-state index is 12.0. The topological polar surface area (TPSA) is 99.2 Å². The number of hydrogen-bond donors (Lipinski definition) is 2. The third-order valence-electron chi connectivity index (χ3n) is 3.38. The molecule has 0 saturated carbocycles. The number of anilines is 1. The van der Waals surface area contributed by atoms with Crippen LogP contribution in [0.3, 0.4) is 0 Å². The fraction of sp³-hybridized carbons (Fsp3) is 0.312. The molecule has 3 N–H and O–H groups in total. The molecule has 1 heterocycles. The first-order chi connectivity index (χ1) is 11.0. The summed E-state index contributed by atoms with van der Waals surface area (Å²) in [4.78, 5) is 28.1. The molecule has 1 amide bonds. The number of ether oxygens (including phenoxy) is 1. The van der Waals surface area contributed by atoms with E-state index in [4.69, 9.17) is 10.5 Å². The summed E-state index contributed by atoms with van der Waals surface area (Å²) >= 11 is 0. The first-order valence-electron chi connectivity index (χ1n) is 7.29. The van der Waals surface area contributed by atoms with Gasteiger partial charge in [0, 0.05) is 18.3 Å². The van der Waals surface area contributed by atoms with Crippen molar-refractivity contribution in [3.8, 4) is 5.75 Å². The van der Waals surface area contributed by atoms with Gasteiger partial charge < -0.3 is 15.8 Å². The quantitative estimate of drug-likeness (QED) is 0.818. The highest BCUT2D eigenvalue weighted by molar-refractivity contribution is 5.76. The number of nitrogen functional groups attached to an aromatic ring is 1. The van der Waals surface area contributed by atoms with Crippen molar-refractivity contribution in [1.29, 1.82) is 0 Å². The minimum absolute atomic E-state index is 0.0471. The summed E-state index contributed by atoms with van der Waals surface area (Å²) in [6, 6.07) is 8.77. The molecule has 23 heavy (non-hydrogen) atoms. The Labute approximate surface area is 134 Å². The van der Waals surface area contributed by atoms with Crippen molar-refractivity contribution < 1.29 is 9.53 Å². The molecule has 2 rings (SSSR count). The monoisotopic (exact) mass is 316 g/mol. The number of hydrogen-bond acceptors (Lipinski definition) is 5. The lowest BCUT2D eigenvalue weighted by atomic mass is 10.2. The number of amides is 1. The molecule has 0 fully saturated rings. The Kier molecular flexibility index (Phi) is 5.35. The number of methoxy groups -OCH3 is 1. The van der Waals surface area contributed by atoms with Crippen LogP contribution in [0.25, 0.3) is 0 Å². The fourth-order valence-corrected chi connectivity index (χ4v) is 2.10. The lowest BCUT2D eigenvalue weighted by Crippen LogP contribution is -2.33. The number of carbonyl (C=O) groups excluding carboxylic acids is 1. The largest absolute Gasteiger partial charge is 0.497 e. The van der Waals surface area contributed by atoms with E-state index in [1.54, 1.807) is 7.11 Å². The summed E-state index contributed by atoms with van der Waals surface area (Å²) in [5.74, 6) is 0.454. The van der Waals surface area contributed by atoms with Crippen LogP contribution in [0, 0.1) is 0 Å². The number of aromatic nitrogens is 2. The highest BCUT2D eigenvalue weighted by atomic mass is 16.5. The van der Waals surface area contributed by atoms with Crippen molar-refractivity contribution in [3.05, 3.63) is 51.9 Å². The zero-order valence-corrected chi connectivity index (χ0v) is 13.2. The molecule has 1 aromatic heterocycles. The Bertz CT molecular complexity index is 755. The van der Waals surface area contributed by atoms with E-state index in [2.05, 4.69) is 10.3 Å². The highest BCUT2D eigenvalue weighted by Gasteiger charge is 2.09. The third kappa shape index (κ3) is 4.32. The first-order valence-corrected chi connectivity index (χ1v) is 7.29. The molecule has 0 atom stereocenters. The lowest BCUT2D eigenvalue weighted by molar-refractivity contribution is -0.121. The van der Waals surface area contributed by atoms with Gasteiger partial charge in [-0.05, 0) is 24.1 Å².